The van der Waals surface area contributed by atoms with E-state index in [9.17, 15) is 14.9 Å². The summed E-state index contributed by atoms with van der Waals surface area (Å²) in [6.07, 6.45) is 1.29. The molecule has 2 aromatic rings. The van der Waals surface area contributed by atoms with Gasteiger partial charge in [-0.2, -0.15) is 0 Å². The largest absolute Gasteiger partial charge is 0.459 e. The van der Waals surface area contributed by atoms with Crippen LogP contribution >= 0.6 is 0 Å². The van der Waals surface area contributed by atoms with E-state index in [1.165, 1.54) is 29.2 Å². The van der Waals surface area contributed by atoms with Gasteiger partial charge >= 0.3 is 5.97 Å². The number of nitro groups is 1. The summed E-state index contributed by atoms with van der Waals surface area (Å²) in [5, 5.41) is 20.8. The molecular formula is C10H9N5O4. The minimum Gasteiger partial charge on any atom is -0.459 e. The van der Waals surface area contributed by atoms with Crippen LogP contribution in [-0.2, 0) is 22.7 Å². The lowest BCUT2D eigenvalue weighted by atomic mass is 10.2. The fourth-order valence-corrected chi connectivity index (χ4v) is 1.35. The second kappa shape index (κ2) is 5.67. The normalized spacial score (nSPS) is 10.1. The number of nitrogens with zero attached hydrogens (tertiary/aromatic N) is 5. The molecule has 9 heteroatoms. The molecule has 0 N–H and O–H groups in total. The summed E-state index contributed by atoms with van der Waals surface area (Å²) in [7, 11) is 0. The van der Waals surface area contributed by atoms with Crippen molar-refractivity contribution in [1.82, 2.24) is 20.2 Å². The van der Waals surface area contributed by atoms with Gasteiger partial charge in [0, 0.05) is 12.1 Å². The quantitative estimate of drug-likeness (QED) is 0.433. The van der Waals surface area contributed by atoms with Gasteiger partial charge in [0.25, 0.3) is 5.69 Å². The fraction of sp³-hybridized carbons (Fsp3) is 0.200. The van der Waals surface area contributed by atoms with E-state index in [0.29, 0.717) is 5.56 Å². The number of benzene rings is 1. The Bertz CT molecular complexity index is 583. The van der Waals surface area contributed by atoms with Crippen LogP contribution in [0.1, 0.15) is 5.56 Å². The molecule has 98 valence electrons. The third kappa shape index (κ3) is 3.56. The number of rotatable bonds is 5. The Hall–Kier alpha value is -2.84. The van der Waals surface area contributed by atoms with E-state index in [1.54, 1.807) is 6.07 Å². The van der Waals surface area contributed by atoms with Crippen LogP contribution in [0.15, 0.2) is 30.6 Å². The molecule has 0 bridgehead atoms. The van der Waals surface area contributed by atoms with Crippen LogP contribution in [0.2, 0.25) is 0 Å². The Morgan fingerprint density at radius 2 is 2.32 bits per heavy atom. The Labute approximate surface area is 106 Å². The second-order valence-electron chi connectivity index (χ2n) is 3.60. The average Bonchev–Trinajstić information content (AvgIpc) is 2.89. The van der Waals surface area contributed by atoms with Gasteiger partial charge in [0.2, 0.25) is 0 Å². The Kier molecular flexibility index (Phi) is 3.76. The van der Waals surface area contributed by atoms with E-state index in [4.69, 9.17) is 4.74 Å². The van der Waals surface area contributed by atoms with Crippen LogP contribution in [-0.4, -0.2) is 31.1 Å². The predicted octanol–water partition coefficient (Wildman–Crippen LogP) is 0.325. The molecule has 0 fully saturated rings. The average molecular weight is 263 g/mol. The molecule has 0 aliphatic carbocycles. The van der Waals surface area contributed by atoms with E-state index >= 15 is 0 Å². The van der Waals surface area contributed by atoms with E-state index < -0.39 is 10.9 Å². The lowest BCUT2D eigenvalue weighted by molar-refractivity contribution is -0.384. The third-order valence-corrected chi connectivity index (χ3v) is 2.20. The molecule has 1 aromatic carbocycles. The SMILES string of the molecule is O=C(Cn1cnnn1)OCc1cccc([N+](=O)[O-])c1. The molecule has 0 aliphatic rings. The maximum atomic E-state index is 11.4. The predicted molar refractivity (Wildman–Crippen MR) is 60.7 cm³/mol. The van der Waals surface area contributed by atoms with Crippen LogP contribution in [0, 0.1) is 10.1 Å². The summed E-state index contributed by atoms with van der Waals surface area (Å²) >= 11 is 0. The number of carbonyl (C=O) groups is 1. The second-order valence-corrected chi connectivity index (χ2v) is 3.60. The van der Waals surface area contributed by atoms with Gasteiger partial charge in [-0.25, -0.2) is 4.68 Å². The summed E-state index contributed by atoms with van der Waals surface area (Å²) in [4.78, 5) is 21.5. The van der Waals surface area contributed by atoms with Crippen molar-refractivity contribution in [2.24, 2.45) is 0 Å². The molecule has 2 rings (SSSR count). The molecule has 0 saturated carbocycles. The van der Waals surface area contributed by atoms with E-state index in [2.05, 4.69) is 15.5 Å². The van der Waals surface area contributed by atoms with Crippen molar-refractivity contribution in [1.29, 1.82) is 0 Å². The monoisotopic (exact) mass is 263 g/mol. The Balaban J connectivity index is 1.89. The van der Waals surface area contributed by atoms with Crippen molar-refractivity contribution >= 4 is 11.7 Å². The van der Waals surface area contributed by atoms with Gasteiger partial charge in [-0.1, -0.05) is 12.1 Å². The summed E-state index contributed by atoms with van der Waals surface area (Å²) in [5.41, 5.74) is 0.494. The van der Waals surface area contributed by atoms with Crippen molar-refractivity contribution in [3.8, 4) is 0 Å². The molecular weight excluding hydrogens is 254 g/mol. The molecule has 0 unspecified atom stereocenters. The number of ether oxygens (including phenoxy) is 1. The maximum absolute atomic E-state index is 11.4. The number of esters is 1. The molecule has 0 spiro atoms. The van der Waals surface area contributed by atoms with Crippen molar-refractivity contribution in [3.63, 3.8) is 0 Å². The van der Waals surface area contributed by atoms with Crippen molar-refractivity contribution in [2.75, 3.05) is 0 Å². The molecule has 0 radical (unpaired) electrons. The van der Waals surface area contributed by atoms with Gasteiger partial charge in [-0.05, 0) is 16.0 Å². The fourth-order valence-electron chi connectivity index (χ4n) is 1.35. The van der Waals surface area contributed by atoms with Crippen LogP contribution < -0.4 is 0 Å². The summed E-state index contributed by atoms with van der Waals surface area (Å²) < 4.78 is 6.18. The van der Waals surface area contributed by atoms with Crippen molar-refractivity contribution < 1.29 is 14.5 Å². The number of non-ortho nitro benzene ring substituents is 1. The lowest BCUT2D eigenvalue weighted by Crippen LogP contribution is -2.14. The maximum Gasteiger partial charge on any atom is 0.328 e. The van der Waals surface area contributed by atoms with Gasteiger partial charge in [-0.3, -0.25) is 14.9 Å². The molecule has 0 atom stereocenters. The lowest BCUT2D eigenvalue weighted by Gasteiger charge is -2.04. The van der Waals surface area contributed by atoms with Crippen LogP contribution in [0.4, 0.5) is 5.69 Å². The van der Waals surface area contributed by atoms with E-state index in [-0.39, 0.29) is 18.8 Å². The van der Waals surface area contributed by atoms with E-state index in [0.717, 1.165) is 0 Å². The highest BCUT2D eigenvalue weighted by atomic mass is 16.6. The summed E-state index contributed by atoms with van der Waals surface area (Å²) in [6.45, 7) is -0.148. The standard InChI is InChI=1S/C10H9N5O4/c16-10(5-14-7-11-12-13-14)19-6-8-2-1-3-9(4-8)15(17)18/h1-4,7H,5-6H2. The minimum absolute atomic E-state index is 0.0390. The highest BCUT2D eigenvalue weighted by Crippen LogP contribution is 2.13. The number of hydrogen-bond acceptors (Lipinski definition) is 7. The number of hydrogen-bond donors (Lipinski definition) is 0. The molecule has 0 aliphatic heterocycles. The zero-order valence-electron chi connectivity index (χ0n) is 9.67. The van der Waals surface area contributed by atoms with Gasteiger partial charge in [0.1, 0.15) is 19.5 Å². The first kappa shape index (κ1) is 12.6. The highest BCUT2D eigenvalue weighted by Gasteiger charge is 2.09. The third-order valence-electron chi connectivity index (χ3n) is 2.20. The first-order chi connectivity index (χ1) is 9.15. The number of nitro benzene ring substituents is 1. The first-order valence-electron chi connectivity index (χ1n) is 5.25. The number of carbonyl (C=O) groups excluding carboxylic acids is 1. The molecule has 0 saturated heterocycles. The van der Waals surface area contributed by atoms with Crippen LogP contribution in [0.3, 0.4) is 0 Å². The number of tetrazole rings is 1. The molecule has 0 amide bonds. The van der Waals surface area contributed by atoms with Crippen molar-refractivity contribution in [2.45, 2.75) is 13.2 Å². The summed E-state index contributed by atoms with van der Waals surface area (Å²) in [5.74, 6) is -0.529. The van der Waals surface area contributed by atoms with Crippen LogP contribution in [0.25, 0.3) is 0 Å². The van der Waals surface area contributed by atoms with E-state index in [1.807, 2.05) is 0 Å². The van der Waals surface area contributed by atoms with Gasteiger partial charge < -0.3 is 4.74 Å². The van der Waals surface area contributed by atoms with Gasteiger partial charge in [0.05, 0.1) is 4.92 Å². The smallest absolute Gasteiger partial charge is 0.328 e. The van der Waals surface area contributed by atoms with Gasteiger partial charge in [-0.15, -0.1) is 5.10 Å². The molecule has 1 heterocycles. The zero-order valence-corrected chi connectivity index (χ0v) is 9.67. The molecule has 9 nitrogen and oxygen atoms in total. The minimum atomic E-state index is -0.529. The highest BCUT2D eigenvalue weighted by molar-refractivity contribution is 5.69. The molecule has 19 heavy (non-hydrogen) atoms. The summed E-state index contributed by atoms with van der Waals surface area (Å²) in [6, 6.07) is 5.89. The Morgan fingerprint density at radius 1 is 1.47 bits per heavy atom. The van der Waals surface area contributed by atoms with Crippen molar-refractivity contribution in [3.05, 3.63) is 46.3 Å². The molecule has 1 aromatic heterocycles. The zero-order chi connectivity index (χ0) is 13.7. The Morgan fingerprint density at radius 3 is 3.00 bits per heavy atom. The topological polar surface area (TPSA) is 113 Å². The van der Waals surface area contributed by atoms with Crippen LogP contribution in [0.5, 0.6) is 0 Å². The van der Waals surface area contributed by atoms with Gasteiger partial charge in [0.15, 0.2) is 0 Å². The first-order valence-corrected chi connectivity index (χ1v) is 5.25. The number of aromatic nitrogens is 4.